The molecule has 0 aliphatic carbocycles. The largest absolute Gasteiger partial charge is 0.365 e. The SMILES string of the molecule is CCNc1nc(NCc2ccncc2)c2cc(C)sc2n1. The van der Waals surface area contributed by atoms with Gasteiger partial charge in [0.2, 0.25) is 5.95 Å². The molecule has 0 unspecified atom stereocenters. The van der Waals surface area contributed by atoms with Gasteiger partial charge in [0.15, 0.2) is 0 Å². The number of pyridine rings is 1. The molecule has 0 saturated carbocycles. The Bertz CT molecular complexity index is 738. The molecule has 3 heterocycles. The fraction of sp³-hybridized carbons (Fsp3) is 0.267. The fourth-order valence-corrected chi connectivity index (χ4v) is 2.98. The van der Waals surface area contributed by atoms with Gasteiger partial charge in [-0.2, -0.15) is 4.98 Å². The summed E-state index contributed by atoms with van der Waals surface area (Å²) in [7, 11) is 0. The highest BCUT2D eigenvalue weighted by Crippen LogP contribution is 2.29. The Morgan fingerprint density at radius 3 is 2.71 bits per heavy atom. The van der Waals surface area contributed by atoms with Crippen LogP contribution < -0.4 is 10.6 Å². The van der Waals surface area contributed by atoms with Crippen LogP contribution in [-0.2, 0) is 6.54 Å². The Hall–Kier alpha value is -2.21. The maximum Gasteiger partial charge on any atom is 0.226 e. The molecule has 2 N–H and O–H groups in total. The molecule has 0 bridgehead atoms. The smallest absolute Gasteiger partial charge is 0.226 e. The summed E-state index contributed by atoms with van der Waals surface area (Å²) in [6.45, 7) is 5.65. The number of rotatable bonds is 5. The Balaban J connectivity index is 1.91. The first-order chi connectivity index (χ1) is 10.3. The predicted octanol–water partition coefficient (Wildman–Crippen LogP) is 3.44. The van der Waals surface area contributed by atoms with Crippen LogP contribution in [0.2, 0.25) is 0 Å². The number of hydrogen-bond donors (Lipinski definition) is 2. The first-order valence-electron chi connectivity index (χ1n) is 6.91. The first-order valence-corrected chi connectivity index (χ1v) is 7.72. The molecule has 3 aromatic rings. The van der Waals surface area contributed by atoms with E-state index < -0.39 is 0 Å². The average Bonchev–Trinajstić information content (AvgIpc) is 2.86. The van der Waals surface area contributed by atoms with Gasteiger partial charge in [0.1, 0.15) is 10.6 Å². The summed E-state index contributed by atoms with van der Waals surface area (Å²) in [5.41, 5.74) is 1.17. The molecule has 0 radical (unpaired) electrons. The van der Waals surface area contributed by atoms with Gasteiger partial charge in [-0.05, 0) is 37.6 Å². The van der Waals surface area contributed by atoms with Gasteiger partial charge in [0.25, 0.3) is 0 Å². The highest BCUT2D eigenvalue weighted by atomic mass is 32.1. The minimum atomic E-state index is 0.670. The number of fused-ring (bicyclic) bond motifs is 1. The Morgan fingerprint density at radius 1 is 1.14 bits per heavy atom. The van der Waals surface area contributed by atoms with Gasteiger partial charge in [-0.3, -0.25) is 4.98 Å². The molecular formula is C15H17N5S. The van der Waals surface area contributed by atoms with Crippen molar-refractivity contribution in [3.8, 4) is 0 Å². The molecule has 0 aliphatic heterocycles. The molecule has 3 aromatic heterocycles. The second-order valence-electron chi connectivity index (χ2n) is 4.71. The van der Waals surface area contributed by atoms with E-state index in [1.807, 2.05) is 19.1 Å². The quantitative estimate of drug-likeness (QED) is 0.755. The molecule has 5 nitrogen and oxygen atoms in total. The van der Waals surface area contributed by atoms with Gasteiger partial charge in [0, 0.05) is 30.4 Å². The summed E-state index contributed by atoms with van der Waals surface area (Å²) in [6.07, 6.45) is 3.59. The first kappa shape index (κ1) is 13.8. The van der Waals surface area contributed by atoms with E-state index >= 15 is 0 Å². The summed E-state index contributed by atoms with van der Waals surface area (Å²) in [4.78, 5) is 15.4. The summed E-state index contributed by atoms with van der Waals surface area (Å²) < 4.78 is 0. The van der Waals surface area contributed by atoms with Gasteiger partial charge in [-0.25, -0.2) is 4.98 Å². The summed E-state index contributed by atoms with van der Waals surface area (Å²) in [6, 6.07) is 6.12. The van der Waals surface area contributed by atoms with Gasteiger partial charge in [0.05, 0.1) is 5.39 Å². The van der Waals surface area contributed by atoms with Crippen molar-refractivity contribution < 1.29 is 0 Å². The fourth-order valence-electron chi connectivity index (χ4n) is 2.10. The van der Waals surface area contributed by atoms with Crippen molar-refractivity contribution in [2.45, 2.75) is 20.4 Å². The molecule has 0 amide bonds. The molecule has 6 heteroatoms. The van der Waals surface area contributed by atoms with Crippen LogP contribution in [0, 0.1) is 6.92 Å². The monoisotopic (exact) mass is 299 g/mol. The second-order valence-corrected chi connectivity index (χ2v) is 5.95. The molecule has 0 atom stereocenters. The minimum absolute atomic E-state index is 0.670. The number of aryl methyl sites for hydroxylation is 1. The molecule has 108 valence electrons. The molecule has 0 aliphatic rings. The highest BCUT2D eigenvalue weighted by Gasteiger charge is 2.10. The van der Waals surface area contributed by atoms with E-state index in [2.05, 4.69) is 38.6 Å². The van der Waals surface area contributed by atoms with E-state index in [1.165, 1.54) is 10.4 Å². The number of thiophene rings is 1. The third-order valence-electron chi connectivity index (χ3n) is 3.06. The van der Waals surface area contributed by atoms with Crippen molar-refractivity contribution >= 4 is 33.3 Å². The van der Waals surface area contributed by atoms with Crippen LogP contribution in [-0.4, -0.2) is 21.5 Å². The van der Waals surface area contributed by atoms with E-state index in [0.717, 1.165) is 29.1 Å². The van der Waals surface area contributed by atoms with E-state index in [-0.39, 0.29) is 0 Å². The zero-order valence-corrected chi connectivity index (χ0v) is 12.9. The molecular weight excluding hydrogens is 282 g/mol. The maximum atomic E-state index is 4.58. The van der Waals surface area contributed by atoms with Crippen LogP contribution >= 0.6 is 11.3 Å². The summed E-state index contributed by atoms with van der Waals surface area (Å²) in [5.74, 6) is 1.54. The highest BCUT2D eigenvalue weighted by molar-refractivity contribution is 7.18. The van der Waals surface area contributed by atoms with Crippen LogP contribution in [0.25, 0.3) is 10.2 Å². The average molecular weight is 299 g/mol. The van der Waals surface area contributed by atoms with Gasteiger partial charge in [-0.1, -0.05) is 0 Å². The Kier molecular flexibility index (Phi) is 3.96. The number of aromatic nitrogens is 3. The summed E-state index contributed by atoms with van der Waals surface area (Å²) >= 11 is 1.69. The van der Waals surface area contributed by atoms with Gasteiger partial charge in [-0.15, -0.1) is 11.3 Å². The molecule has 0 aromatic carbocycles. The molecule has 21 heavy (non-hydrogen) atoms. The van der Waals surface area contributed by atoms with Crippen LogP contribution in [0.3, 0.4) is 0 Å². The van der Waals surface area contributed by atoms with Crippen LogP contribution in [0.5, 0.6) is 0 Å². The van der Waals surface area contributed by atoms with E-state index in [1.54, 1.807) is 23.7 Å². The zero-order chi connectivity index (χ0) is 14.7. The lowest BCUT2D eigenvalue weighted by molar-refractivity contribution is 1.07. The van der Waals surface area contributed by atoms with E-state index in [0.29, 0.717) is 5.95 Å². The lowest BCUT2D eigenvalue weighted by atomic mass is 10.2. The zero-order valence-electron chi connectivity index (χ0n) is 12.1. The molecule has 3 rings (SSSR count). The van der Waals surface area contributed by atoms with Crippen molar-refractivity contribution in [2.75, 3.05) is 17.2 Å². The molecule has 0 fully saturated rings. The predicted molar refractivity (Wildman–Crippen MR) is 87.9 cm³/mol. The molecule has 0 saturated heterocycles. The third-order valence-corrected chi connectivity index (χ3v) is 4.00. The Morgan fingerprint density at radius 2 is 1.95 bits per heavy atom. The summed E-state index contributed by atoms with van der Waals surface area (Å²) in [5, 5.41) is 7.66. The number of nitrogens with one attached hydrogen (secondary N) is 2. The lowest BCUT2D eigenvalue weighted by Crippen LogP contribution is -2.06. The topological polar surface area (TPSA) is 62.7 Å². The van der Waals surface area contributed by atoms with Crippen molar-refractivity contribution in [1.82, 2.24) is 15.0 Å². The van der Waals surface area contributed by atoms with Crippen molar-refractivity contribution in [3.63, 3.8) is 0 Å². The van der Waals surface area contributed by atoms with Crippen molar-refractivity contribution in [3.05, 3.63) is 41.0 Å². The van der Waals surface area contributed by atoms with Gasteiger partial charge >= 0.3 is 0 Å². The van der Waals surface area contributed by atoms with Crippen LogP contribution in [0.15, 0.2) is 30.6 Å². The number of anilines is 2. The normalized spacial score (nSPS) is 10.8. The van der Waals surface area contributed by atoms with Crippen LogP contribution in [0.4, 0.5) is 11.8 Å². The van der Waals surface area contributed by atoms with E-state index in [9.17, 15) is 0 Å². The van der Waals surface area contributed by atoms with Gasteiger partial charge < -0.3 is 10.6 Å². The lowest BCUT2D eigenvalue weighted by Gasteiger charge is -2.09. The molecule has 0 spiro atoms. The van der Waals surface area contributed by atoms with Crippen LogP contribution in [0.1, 0.15) is 17.4 Å². The maximum absolute atomic E-state index is 4.58. The second kappa shape index (κ2) is 6.05. The minimum Gasteiger partial charge on any atom is -0.365 e. The third kappa shape index (κ3) is 3.11. The number of nitrogens with zero attached hydrogens (tertiary/aromatic N) is 3. The van der Waals surface area contributed by atoms with Crippen molar-refractivity contribution in [1.29, 1.82) is 0 Å². The van der Waals surface area contributed by atoms with Crippen molar-refractivity contribution in [2.24, 2.45) is 0 Å². The Labute approximate surface area is 127 Å². The number of hydrogen-bond acceptors (Lipinski definition) is 6. The van der Waals surface area contributed by atoms with E-state index in [4.69, 9.17) is 0 Å². The standard InChI is InChI=1S/C15H17N5S/c1-3-17-15-19-13(12-8-10(2)21-14(12)20-15)18-9-11-4-6-16-7-5-11/h4-8H,3,9H2,1-2H3,(H2,17,18,19,20).